The molecule has 5 nitrogen and oxygen atoms in total. The van der Waals surface area contributed by atoms with E-state index in [2.05, 4.69) is 5.32 Å². The molecule has 5 rings (SSSR count). The Morgan fingerprint density at radius 2 is 1.78 bits per heavy atom. The largest absolute Gasteiger partial charge is 0.492 e. The maximum atomic E-state index is 14.2. The molecule has 0 aromatic heterocycles. The Kier molecular flexibility index (Phi) is 6.81. The van der Waals surface area contributed by atoms with E-state index < -0.39 is 40.9 Å². The SMILES string of the molecule is COC(=O)[C@H](Cc1ccc(-c2c(Cl)cc(F)cc2Cl)c2c1[C@@H]1C[C@@H]1CO2)NC(=O)c1c(F)cccc1F. The smallest absolute Gasteiger partial charge is 0.328 e. The summed E-state index contributed by atoms with van der Waals surface area (Å²) in [5.74, 6) is -3.58. The topological polar surface area (TPSA) is 64.6 Å². The van der Waals surface area contributed by atoms with E-state index in [4.69, 9.17) is 32.7 Å². The molecule has 1 fully saturated rings. The number of esters is 1. The van der Waals surface area contributed by atoms with Crippen LogP contribution in [0.5, 0.6) is 5.75 Å². The van der Waals surface area contributed by atoms with E-state index in [0.717, 1.165) is 49.4 Å². The van der Waals surface area contributed by atoms with Crippen LogP contribution in [0.2, 0.25) is 10.0 Å². The minimum absolute atomic E-state index is 0.0193. The second kappa shape index (κ2) is 9.91. The third kappa shape index (κ3) is 4.76. The molecule has 0 saturated heterocycles. The maximum absolute atomic E-state index is 14.2. The van der Waals surface area contributed by atoms with Crippen molar-refractivity contribution in [3.8, 4) is 16.9 Å². The summed E-state index contributed by atoms with van der Waals surface area (Å²) in [6.07, 6.45) is 0.846. The average Bonchev–Trinajstić information content (AvgIpc) is 3.63. The van der Waals surface area contributed by atoms with Crippen molar-refractivity contribution in [1.82, 2.24) is 5.32 Å². The molecule has 1 aliphatic heterocycles. The normalized spacial score (nSPS) is 18.2. The molecule has 2 aliphatic rings. The molecule has 1 heterocycles. The number of nitrogens with one attached hydrogen (secondary N) is 1. The number of halogens is 5. The van der Waals surface area contributed by atoms with Gasteiger partial charge >= 0.3 is 5.97 Å². The van der Waals surface area contributed by atoms with Gasteiger partial charge in [-0.25, -0.2) is 18.0 Å². The van der Waals surface area contributed by atoms with Crippen LogP contribution in [-0.4, -0.2) is 31.6 Å². The molecule has 0 bridgehead atoms. The van der Waals surface area contributed by atoms with Gasteiger partial charge in [-0.15, -0.1) is 0 Å². The highest BCUT2D eigenvalue weighted by Gasteiger charge is 2.46. The molecular formula is C27H20Cl2F3NO4. The van der Waals surface area contributed by atoms with Gasteiger partial charge < -0.3 is 14.8 Å². The molecule has 1 N–H and O–H groups in total. The van der Waals surface area contributed by atoms with E-state index in [1.807, 2.05) is 0 Å². The van der Waals surface area contributed by atoms with Gasteiger partial charge in [-0.3, -0.25) is 4.79 Å². The maximum Gasteiger partial charge on any atom is 0.328 e. The van der Waals surface area contributed by atoms with Crippen molar-refractivity contribution >= 4 is 35.1 Å². The van der Waals surface area contributed by atoms with Crippen LogP contribution >= 0.6 is 23.2 Å². The number of rotatable bonds is 6. The predicted octanol–water partition coefficient (Wildman–Crippen LogP) is 6.09. The fourth-order valence-corrected chi connectivity index (χ4v) is 5.52. The Morgan fingerprint density at radius 1 is 1.11 bits per heavy atom. The minimum atomic E-state index is -1.23. The molecule has 3 aromatic rings. The molecule has 0 spiro atoms. The van der Waals surface area contributed by atoms with Gasteiger partial charge in [0.05, 0.1) is 23.8 Å². The summed E-state index contributed by atoms with van der Waals surface area (Å²) in [5.41, 5.74) is 1.71. The Balaban J connectivity index is 1.53. The summed E-state index contributed by atoms with van der Waals surface area (Å²) < 4.78 is 53.1. The number of ether oxygens (including phenoxy) is 2. The molecule has 0 radical (unpaired) electrons. The fraction of sp³-hybridized carbons (Fsp3) is 0.259. The first-order valence-corrected chi connectivity index (χ1v) is 12.2. The Bertz CT molecular complexity index is 1390. The highest BCUT2D eigenvalue weighted by atomic mass is 35.5. The number of carbonyl (C=O) groups excluding carboxylic acids is 2. The first-order chi connectivity index (χ1) is 17.7. The molecule has 3 aromatic carbocycles. The van der Waals surface area contributed by atoms with Crippen molar-refractivity contribution < 1.29 is 32.2 Å². The van der Waals surface area contributed by atoms with E-state index in [1.54, 1.807) is 12.1 Å². The van der Waals surface area contributed by atoms with Crippen LogP contribution in [0.4, 0.5) is 13.2 Å². The van der Waals surface area contributed by atoms with E-state index in [9.17, 15) is 22.8 Å². The van der Waals surface area contributed by atoms with Crippen molar-refractivity contribution in [3.05, 3.63) is 86.7 Å². The van der Waals surface area contributed by atoms with Crippen molar-refractivity contribution in [3.63, 3.8) is 0 Å². The second-order valence-corrected chi connectivity index (χ2v) is 9.84. The zero-order chi connectivity index (χ0) is 26.4. The number of fused-ring (bicyclic) bond motifs is 3. The zero-order valence-corrected chi connectivity index (χ0v) is 20.9. The highest BCUT2D eigenvalue weighted by Crippen LogP contribution is 2.58. The van der Waals surface area contributed by atoms with E-state index >= 15 is 0 Å². The van der Waals surface area contributed by atoms with Gasteiger partial charge in [-0.05, 0) is 42.2 Å². The Morgan fingerprint density at radius 3 is 2.43 bits per heavy atom. The summed E-state index contributed by atoms with van der Waals surface area (Å²) in [7, 11) is 1.16. The standard InChI is InChI=1S/C27H20Cl2F3NO4/c1-36-27(35)21(33-26(34)24-19(31)3-2-4-20(24)32)8-12-5-6-15(23-17(28)9-14(30)10-18(23)29)25-22(12)16-7-13(16)11-37-25/h2-6,9-10,13,16,21H,7-8,11H2,1H3,(H,33,34)/t13-,16-,21+/m1/s1. The Labute approximate surface area is 220 Å². The van der Waals surface area contributed by atoms with Gasteiger partial charge in [-0.2, -0.15) is 0 Å². The van der Waals surface area contributed by atoms with Gasteiger partial charge in [0.2, 0.25) is 0 Å². The number of amides is 1. The summed E-state index contributed by atoms with van der Waals surface area (Å²) in [4.78, 5) is 25.3. The van der Waals surface area contributed by atoms with E-state index in [-0.39, 0.29) is 22.4 Å². The number of carbonyl (C=O) groups is 2. The minimum Gasteiger partial charge on any atom is -0.492 e. The summed E-state index contributed by atoms with van der Waals surface area (Å²) in [6, 6.07) is 7.59. The summed E-state index contributed by atoms with van der Waals surface area (Å²) in [5, 5.41) is 2.64. The quantitative estimate of drug-likeness (QED) is 0.378. The van der Waals surface area contributed by atoms with Crippen LogP contribution in [0.25, 0.3) is 11.1 Å². The van der Waals surface area contributed by atoms with Crippen molar-refractivity contribution in [1.29, 1.82) is 0 Å². The lowest BCUT2D eigenvalue weighted by Gasteiger charge is -2.25. The monoisotopic (exact) mass is 549 g/mol. The third-order valence-corrected chi connectivity index (χ3v) is 7.30. The van der Waals surface area contributed by atoms with Crippen molar-refractivity contribution in [2.75, 3.05) is 13.7 Å². The number of methoxy groups -OCH3 is 1. The molecule has 1 saturated carbocycles. The molecular weight excluding hydrogens is 530 g/mol. The predicted molar refractivity (Wildman–Crippen MR) is 132 cm³/mol. The number of hydrogen-bond acceptors (Lipinski definition) is 4. The van der Waals surface area contributed by atoms with Gasteiger partial charge in [0.1, 0.15) is 34.8 Å². The first kappa shape index (κ1) is 25.4. The van der Waals surface area contributed by atoms with Crippen LogP contribution in [-0.2, 0) is 16.0 Å². The molecule has 3 atom stereocenters. The fourth-order valence-electron chi connectivity index (χ4n) is 4.85. The molecule has 37 heavy (non-hydrogen) atoms. The molecule has 192 valence electrons. The van der Waals surface area contributed by atoms with Crippen LogP contribution in [0.3, 0.4) is 0 Å². The van der Waals surface area contributed by atoms with Gasteiger partial charge in [0.15, 0.2) is 0 Å². The molecule has 1 aliphatic carbocycles. The van der Waals surface area contributed by atoms with Crippen molar-refractivity contribution in [2.45, 2.75) is 24.8 Å². The van der Waals surface area contributed by atoms with Gasteiger partial charge in [-0.1, -0.05) is 41.4 Å². The molecule has 10 heteroatoms. The zero-order valence-electron chi connectivity index (χ0n) is 19.4. The molecule has 1 amide bonds. The lowest BCUT2D eigenvalue weighted by Crippen LogP contribution is -2.43. The lowest BCUT2D eigenvalue weighted by atomic mass is 9.89. The second-order valence-electron chi connectivity index (χ2n) is 9.02. The van der Waals surface area contributed by atoms with Crippen molar-refractivity contribution in [2.24, 2.45) is 5.92 Å². The highest BCUT2D eigenvalue weighted by molar-refractivity contribution is 6.39. The average molecular weight is 550 g/mol. The third-order valence-electron chi connectivity index (χ3n) is 6.70. The van der Waals surface area contributed by atoms with Crippen LogP contribution in [0, 0.1) is 23.4 Å². The Hall–Kier alpha value is -3.23. The number of benzene rings is 3. The van der Waals surface area contributed by atoms with E-state index in [0.29, 0.717) is 35.0 Å². The van der Waals surface area contributed by atoms with Gasteiger partial charge in [0, 0.05) is 29.0 Å². The van der Waals surface area contributed by atoms with Crippen LogP contribution in [0.15, 0.2) is 42.5 Å². The molecule has 0 unspecified atom stereocenters. The number of hydrogen-bond donors (Lipinski definition) is 1. The van der Waals surface area contributed by atoms with Gasteiger partial charge in [0.25, 0.3) is 5.91 Å². The summed E-state index contributed by atoms with van der Waals surface area (Å²) >= 11 is 12.7. The van der Waals surface area contributed by atoms with Crippen LogP contribution in [0.1, 0.15) is 33.8 Å². The summed E-state index contributed by atoms with van der Waals surface area (Å²) in [6.45, 7) is 0.480. The van der Waals surface area contributed by atoms with Crippen LogP contribution < -0.4 is 10.1 Å². The first-order valence-electron chi connectivity index (χ1n) is 11.5. The van der Waals surface area contributed by atoms with E-state index in [1.165, 1.54) is 0 Å². The lowest BCUT2D eigenvalue weighted by molar-refractivity contribution is -0.142.